The summed E-state index contributed by atoms with van der Waals surface area (Å²) in [4.78, 5) is 11.6. The number of nitrogens with one attached hydrogen (secondary N) is 1. The number of carbonyl (C=O) groups is 1. The van der Waals surface area contributed by atoms with Gasteiger partial charge in [-0.25, -0.2) is 0 Å². The molecule has 1 amide bonds. The van der Waals surface area contributed by atoms with Crippen molar-refractivity contribution in [1.29, 1.82) is 0 Å². The second-order valence-corrected chi connectivity index (χ2v) is 8.58. The van der Waals surface area contributed by atoms with Gasteiger partial charge < -0.3 is 29.7 Å². The fourth-order valence-electron chi connectivity index (χ4n) is 4.63. The zero-order valence-electron chi connectivity index (χ0n) is 19.8. The second-order valence-electron chi connectivity index (χ2n) is 8.58. The number of aliphatic hydroxyl groups excluding tert-OH is 2. The number of methoxy groups -OCH3 is 1. The average molecular weight is 478 g/mol. The van der Waals surface area contributed by atoms with E-state index < -0.39 is 36.2 Å². The zero-order valence-corrected chi connectivity index (χ0v) is 19.8. The molecule has 3 aromatic rings. The summed E-state index contributed by atoms with van der Waals surface area (Å²) in [5.74, 6) is -0.363. The van der Waals surface area contributed by atoms with E-state index in [1.807, 2.05) is 91.0 Å². The summed E-state index contributed by atoms with van der Waals surface area (Å²) >= 11 is 0. The second kappa shape index (κ2) is 11.1. The summed E-state index contributed by atoms with van der Waals surface area (Å²) in [7, 11) is 1.42. The van der Waals surface area contributed by atoms with Crippen molar-refractivity contribution in [3.63, 3.8) is 0 Å². The molecular formula is C28H31NO6. The van der Waals surface area contributed by atoms with E-state index in [-0.39, 0.29) is 12.5 Å². The van der Waals surface area contributed by atoms with Crippen molar-refractivity contribution >= 4 is 5.91 Å². The lowest BCUT2D eigenvalue weighted by molar-refractivity contribution is -0.269. The van der Waals surface area contributed by atoms with E-state index in [1.165, 1.54) is 14.0 Å². The SMILES string of the molecule is CO[C@@H]1O[C@H](COC(c2ccccc2)(c2ccccc2)c2ccccc2)[C@@H](O)[C@H](O)[C@H]1NC(C)=O. The Morgan fingerprint density at radius 3 is 1.71 bits per heavy atom. The van der Waals surface area contributed by atoms with Crippen LogP contribution in [-0.4, -0.2) is 60.5 Å². The fraction of sp³-hybridized carbons (Fsp3) is 0.321. The lowest BCUT2D eigenvalue weighted by Crippen LogP contribution is -2.64. The lowest BCUT2D eigenvalue weighted by Gasteiger charge is -2.44. The van der Waals surface area contributed by atoms with Crippen molar-refractivity contribution in [3.8, 4) is 0 Å². The molecule has 3 aromatic carbocycles. The van der Waals surface area contributed by atoms with Gasteiger partial charge in [0.15, 0.2) is 6.29 Å². The third-order valence-electron chi connectivity index (χ3n) is 6.31. The molecule has 1 aliphatic rings. The van der Waals surface area contributed by atoms with Crippen molar-refractivity contribution in [3.05, 3.63) is 108 Å². The van der Waals surface area contributed by atoms with Crippen molar-refractivity contribution < 1.29 is 29.2 Å². The largest absolute Gasteiger partial charge is 0.388 e. The molecule has 4 rings (SSSR count). The lowest BCUT2D eigenvalue weighted by atomic mass is 9.80. The number of carbonyl (C=O) groups excluding carboxylic acids is 1. The van der Waals surface area contributed by atoms with Gasteiger partial charge in [-0.15, -0.1) is 0 Å². The van der Waals surface area contributed by atoms with Gasteiger partial charge in [0, 0.05) is 14.0 Å². The van der Waals surface area contributed by atoms with Crippen LogP contribution < -0.4 is 5.32 Å². The van der Waals surface area contributed by atoms with Crippen LogP contribution >= 0.6 is 0 Å². The molecule has 0 aromatic heterocycles. The first-order valence-electron chi connectivity index (χ1n) is 11.6. The molecule has 1 fully saturated rings. The Kier molecular flexibility index (Phi) is 7.95. The summed E-state index contributed by atoms with van der Waals surface area (Å²) in [5.41, 5.74) is 1.71. The quantitative estimate of drug-likeness (QED) is 0.432. The maximum atomic E-state index is 11.6. The molecular weight excluding hydrogens is 446 g/mol. The van der Waals surface area contributed by atoms with Crippen molar-refractivity contribution in [1.82, 2.24) is 5.32 Å². The highest BCUT2D eigenvalue weighted by atomic mass is 16.7. The van der Waals surface area contributed by atoms with Gasteiger partial charge in [0.05, 0.1) is 6.61 Å². The number of hydrogen-bond acceptors (Lipinski definition) is 6. The van der Waals surface area contributed by atoms with E-state index in [2.05, 4.69) is 5.32 Å². The molecule has 184 valence electrons. The van der Waals surface area contributed by atoms with E-state index in [1.54, 1.807) is 0 Å². The molecule has 0 radical (unpaired) electrons. The standard InChI is InChI=1S/C28H31NO6/c1-19(30)29-24-26(32)25(31)23(35-27(24)33-2)18-34-28(20-12-6-3-7-13-20,21-14-8-4-9-15-21)22-16-10-5-11-17-22/h3-17,23-27,31-32H,18H2,1-2H3,(H,29,30)/t23-,24-,25-,26-,27-/m1/s1. The Morgan fingerprint density at radius 1 is 0.857 bits per heavy atom. The highest BCUT2D eigenvalue weighted by Gasteiger charge is 2.47. The number of amides is 1. The molecule has 0 saturated carbocycles. The predicted octanol–water partition coefficient (Wildman–Crippen LogP) is 2.59. The van der Waals surface area contributed by atoms with Gasteiger partial charge in [-0.2, -0.15) is 0 Å². The Hall–Kier alpha value is -3.07. The third-order valence-corrected chi connectivity index (χ3v) is 6.31. The molecule has 1 saturated heterocycles. The van der Waals surface area contributed by atoms with E-state index in [9.17, 15) is 15.0 Å². The van der Waals surface area contributed by atoms with Gasteiger partial charge in [-0.05, 0) is 16.7 Å². The first kappa shape index (κ1) is 25.0. The van der Waals surface area contributed by atoms with Gasteiger partial charge in [0.1, 0.15) is 30.0 Å². The van der Waals surface area contributed by atoms with Gasteiger partial charge in [-0.1, -0.05) is 91.0 Å². The minimum atomic E-state index is -1.31. The molecule has 7 heteroatoms. The van der Waals surface area contributed by atoms with Crippen LogP contribution in [0.2, 0.25) is 0 Å². The molecule has 5 atom stereocenters. The summed E-state index contributed by atoms with van der Waals surface area (Å²) in [5, 5.41) is 24.2. The maximum absolute atomic E-state index is 11.6. The minimum absolute atomic E-state index is 0.0520. The average Bonchev–Trinajstić information content (AvgIpc) is 2.90. The van der Waals surface area contributed by atoms with E-state index in [0.717, 1.165) is 16.7 Å². The van der Waals surface area contributed by atoms with Crippen molar-refractivity contribution in [2.45, 2.75) is 43.2 Å². The third kappa shape index (κ3) is 5.15. The van der Waals surface area contributed by atoms with Crippen LogP contribution in [0, 0.1) is 0 Å². The topological polar surface area (TPSA) is 97.2 Å². The zero-order chi connectivity index (χ0) is 24.8. The minimum Gasteiger partial charge on any atom is -0.388 e. The van der Waals surface area contributed by atoms with Crippen LogP contribution in [0.15, 0.2) is 91.0 Å². The number of rotatable bonds is 8. The van der Waals surface area contributed by atoms with E-state index >= 15 is 0 Å². The van der Waals surface area contributed by atoms with Gasteiger partial charge in [0.25, 0.3) is 0 Å². The van der Waals surface area contributed by atoms with Gasteiger partial charge in [-0.3, -0.25) is 4.79 Å². The van der Waals surface area contributed by atoms with Crippen LogP contribution in [0.1, 0.15) is 23.6 Å². The number of benzene rings is 3. The summed E-state index contributed by atoms with van der Waals surface area (Å²) in [6, 6.07) is 28.6. The molecule has 0 unspecified atom stereocenters. The molecule has 0 spiro atoms. The van der Waals surface area contributed by atoms with Crippen LogP contribution in [0.5, 0.6) is 0 Å². The number of aliphatic hydroxyl groups is 2. The number of ether oxygens (including phenoxy) is 3. The fourth-order valence-corrected chi connectivity index (χ4v) is 4.63. The van der Waals surface area contributed by atoms with Crippen molar-refractivity contribution in [2.24, 2.45) is 0 Å². The Morgan fingerprint density at radius 2 is 1.31 bits per heavy atom. The molecule has 0 aliphatic carbocycles. The van der Waals surface area contributed by atoms with Gasteiger partial charge in [0.2, 0.25) is 5.91 Å². The molecule has 3 N–H and O–H groups in total. The molecule has 1 aliphatic heterocycles. The molecule has 7 nitrogen and oxygen atoms in total. The van der Waals surface area contributed by atoms with E-state index in [0.29, 0.717) is 0 Å². The monoisotopic (exact) mass is 477 g/mol. The Balaban J connectivity index is 1.72. The van der Waals surface area contributed by atoms with E-state index in [4.69, 9.17) is 14.2 Å². The normalized spacial score (nSPS) is 24.6. The van der Waals surface area contributed by atoms with Crippen molar-refractivity contribution in [2.75, 3.05) is 13.7 Å². The van der Waals surface area contributed by atoms with Gasteiger partial charge >= 0.3 is 0 Å². The summed E-state index contributed by atoms with van der Waals surface area (Å²) < 4.78 is 18.1. The summed E-state index contributed by atoms with van der Waals surface area (Å²) in [6.07, 6.45) is -4.47. The maximum Gasteiger partial charge on any atom is 0.217 e. The predicted molar refractivity (Wildman–Crippen MR) is 130 cm³/mol. The Labute approximate surface area is 205 Å². The summed E-state index contributed by atoms with van der Waals surface area (Å²) in [6.45, 7) is 1.28. The van der Waals surface area contributed by atoms with Crippen LogP contribution in [-0.2, 0) is 24.6 Å². The molecule has 0 bridgehead atoms. The van der Waals surface area contributed by atoms with Crippen LogP contribution in [0.25, 0.3) is 0 Å². The first-order chi connectivity index (χ1) is 17.0. The van der Waals surface area contributed by atoms with Crippen LogP contribution in [0.3, 0.4) is 0 Å². The number of hydrogen-bond donors (Lipinski definition) is 3. The first-order valence-corrected chi connectivity index (χ1v) is 11.6. The smallest absolute Gasteiger partial charge is 0.217 e. The molecule has 1 heterocycles. The highest BCUT2D eigenvalue weighted by molar-refractivity contribution is 5.73. The molecule has 35 heavy (non-hydrogen) atoms. The highest BCUT2D eigenvalue weighted by Crippen LogP contribution is 2.41. The Bertz CT molecular complexity index is 980. The van der Waals surface area contributed by atoms with Crippen LogP contribution in [0.4, 0.5) is 0 Å².